The third kappa shape index (κ3) is 2.08. The summed E-state index contributed by atoms with van der Waals surface area (Å²) in [5, 5.41) is 3.43. The van der Waals surface area contributed by atoms with Gasteiger partial charge in [-0.2, -0.15) is 0 Å². The van der Waals surface area contributed by atoms with Gasteiger partial charge in [-0.25, -0.2) is 9.97 Å². The molecule has 3 heteroatoms. The second-order valence-electron chi connectivity index (χ2n) is 4.89. The van der Waals surface area contributed by atoms with Crippen LogP contribution in [0.1, 0.15) is 29.1 Å². The first-order valence-electron chi connectivity index (χ1n) is 6.42. The van der Waals surface area contributed by atoms with Crippen LogP contribution in [0.3, 0.4) is 0 Å². The average molecular weight is 239 g/mol. The maximum absolute atomic E-state index is 4.55. The first kappa shape index (κ1) is 11.2. The zero-order valence-corrected chi connectivity index (χ0v) is 10.8. The van der Waals surface area contributed by atoms with Crippen LogP contribution >= 0.6 is 0 Å². The molecule has 3 rings (SSSR count). The van der Waals surface area contributed by atoms with E-state index in [4.69, 9.17) is 0 Å². The number of hydrogen-bond acceptors (Lipinski definition) is 3. The van der Waals surface area contributed by atoms with E-state index in [1.807, 2.05) is 6.92 Å². The average Bonchev–Trinajstić information content (AvgIpc) is 2.77. The van der Waals surface area contributed by atoms with Crippen molar-refractivity contribution in [2.24, 2.45) is 0 Å². The molecule has 0 bridgehead atoms. The molecule has 0 saturated carbocycles. The van der Waals surface area contributed by atoms with Crippen LogP contribution in [-0.4, -0.2) is 9.97 Å². The number of anilines is 2. The maximum Gasteiger partial charge on any atom is 0.137 e. The molecule has 2 aromatic rings. The fourth-order valence-corrected chi connectivity index (χ4v) is 2.52. The summed E-state index contributed by atoms with van der Waals surface area (Å²) in [7, 11) is 0. The third-order valence-electron chi connectivity index (χ3n) is 3.33. The number of hydrogen-bond donors (Lipinski definition) is 1. The SMILES string of the molecule is Cc1cccc(Nc2nc(C)nc3c2CCC3)c1. The predicted molar refractivity (Wildman–Crippen MR) is 73.3 cm³/mol. The summed E-state index contributed by atoms with van der Waals surface area (Å²) in [6.45, 7) is 4.06. The van der Waals surface area contributed by atoms with E-state index < -0.39 is 0 Å². The first-order chi connectivity index (χ1) is 8.72. The third-order valence-corrected chi connectivity index (χ3v) is 3.33. The van der Waals surface area contributed by atoms with Gasteiger partial charge >= 0.3 is 0 Å². The lowest BCUT2D eigenvalue weighted by Crippen LogP contribution is -2.03. The van der Waals surface area contributed by atoms with E-state index in [9.17, 15) is 0 Å². The van der Waals surface area contributed by atoms with Crippen molar-refractivity contribution in [3.63, 3.8) is 0 Å². The molecule has 3 nitrogen and oxygen atoms in total. The van der Waals surface area contributed by atoms with Gasteiger partial charge < -0.3 is 5.32 Å². The number of benzene rings is 1. The minimum absolute atomic E-state index is 0.853. The molecule has 18 heavy (non-hydrogen) atoms. The molecule has 0 atom stereocenters. The van der Waals surface area contributed by atoms with E-state index in [-0.39, 0.29) is 0 Å². The molecule has 0 spiro atoms. The molecule has 0 amide bonds. The van der Waals surface area contributed by atoms with E-state index in [0.717, 1.165) is 30.2 Å². The van der Waals surface area contributed by atoms with Gasteiger partial charge in [-0.1, -0.05) is 12.1 Å². The summed E-state index contributed by atoms with van der Waals surface area (Å²) in [5.41, 5.74) is 4.87. The molecule has 0 radical (unpaired) electrons. The Labute approximate surface area is 107 Å². The van der Waals surface area contributed by atoms with Crippen molar-refractivity contribution < 1.29 is 0 Å². The van der Waals surface area contributed by atoms with Crippen molar-refractivity contribution in [2.45, 2.75) is 33.1 Å². The largest absolute Gasteiger partial charge is 0.340 e. The van der Waals surface area contributed by atoms with Crippen molar-refractivity contribution in [3.05, 3.63) is 46.9 Å². The quantitative estimate of drug-likeness (QED) is 0.873. The van der Waals surface area contributed by atoms with E-state index >= 15 is 0 Å². The molecule has 1 aromatic heterocycles. The smallest absolute Gasteiger partial charge is 0.137 e. The van der Waals surface area contributed by atoms with Crippen molar-refractivity contribution in [3.8, 4) is 0 Å². The molecular weight excluding hydrogens is 222 g/mol. The maximum atomic E-state index is 4.55. The lowest BCUT2D eigenvalue weighted by Gasteiger charge is -2.11. The molecule has 92 valence electrons. The molecular formula is C15H17N3. The van der Waals surface area contributed by atoms with Gasteiger partial charge in [-0.3, -0.25) is 0 Å². The van der Waals surface area contributed by atoms with E-state index in [0.29, 0.717) is 0 Å². The minimum atomic E-state index is 0.853. The monoisotopic (exact) mass is 239 g/mol. The van der Waals surface area contributed by atoms with E-state index in [1.54, 1.807) is 0 Å². The zero-order valence-electron chi connectivity index (χ0n) is 10.8. The van der Waals surface area contributed by atoms with Crippen LogP contribution < -0.4 is 5.32 Å². The molecule has 1 N–H and O–H groups in total. The Kier molecular flexibility index (Phi) is 2.74. The van der Waals surface area contributed by atoms with Crippen LogP contribution in [0.5, 0.6) is 0 Å². The number of fused-ring (bicyclic) bond motifs is 1. The van der Waals surface area contributed by atoms with Crippen LogP contribution in [0.4, 0.5) is 11.5 Å². The van der Waals surface area contributed by atoms with Gasteiger partial charge in [0, 0.05) is 16.9 Å². The van der Waals surface area contributed by atoms with Crippen molar-refractivity contribution >= 4 is 11.5 Å². The van der Waals surface area contributed by atoms with E-state index in [2.05, 4.69) is 46.5 Å². The van der Waals surface area contributed by atoms with Crippen LogP contribution in [0.2, 0.25) is 0 Å². The number of rotatable bonds is 2. The van der Waals surface area contributed by atoms with Gasteiger partial charge in [0.2, 0.25) is 0 Å². The Morgan fingerprint density at radius 1 is 1.11 bits per heavy atom. The van der Waals surface area contributed by atoms with Crippen molar-refractivity contribution in [1.29, 1.82) is 0 Å². The van der Waals surface area contributed by atoms with E-state index in [1.165, 1.54) is 23.2 Å². The Hall–Kier alpha value is -1.90. The molecule has 0 saturated heterocycles. The summed E-state index contributed by atoms with van der Waals surface area (Å²) >= 11 is 0. The van der Waals surface area contributed by atoms with Crippen LogP contribution in [-0.2, 0) is 12.8 Å². The van der Waals surface area contributed by atoms with Gasteiger partial charge in [-0.15, -0.1) is 0 Å². The Balaban J connectivity index is 1.98. The summed E-state index contributed by atoms with van der Waals surface area (Å²) in [6.07, 6.45) is 3.36. The van der Waals surface area contributed by atoms with Gasteiger partial charge in [-0.05, 0) is 50.8 Å². The fraction of sp³-hybridized carbons (Fsp3) is 0.333. The highest BCUT2D eigenvalue weighted by molar-refractivity contribution is 5.61. The van der Waals surface area contributed by atoms with Crippen molar-refractivity contribution in [1.82, 2.24) is 9.97 Å². The first-order valence-corrected chi connectivity index (χ1v) is 6.42. The second kappa shape index (κ2) is 4.41. The predicted octanol–water partition coefficient (Wildman–Crippen LogP) is 3.33. The zero-order chi connectivity index (χ0) is 12.5. The highest BCUT2D eigenvalue weighted by Crippen LogP contribution is 2.28. The van der Waals surface area contributed by atoms with Crippen LogP contribution in [0.15, 0.2) is 24.3 Å². The normalized spacial score (nSPS) is 13.4. The summed E-state index contributed by atoms with van der Waals surface area (Å²) in [6, 6.07) is 8.37. The molecule has 0 aliphatic heterocycles. The van der Waals surface area contributed by atoms with Crippen LogP contribution in [0, 0.1) is 13.8 Å². The van der Waals surface area contributed by atoms with Gasteiger partial charge in [0.25, 0.3) is 0 Å². The van der Waals surface area contributed by atoms with Gasteiger partial charge in [0.1, 0.15) is 11.6 Å². The standard InChI is InChI=1S/C15H17N3/c1-10-5-3-6-12(9-10)18-15-13-7-4-8-14(13)16-11(2)17-15/h3,5-6,9H,4,7-8H2,1-2H3,(H,16,17,18). The fourth-order valence-electron chi connectivity index (χ4n) is 2.52. The second-order valence-corrected chi connectivity index (χ2v) is 4.89. The van der Waals surface area contributed by atoms with Crippen molar-refractivity contribution in [2.75, 3.05) is 5.32 Å². The Bertz CT molecular complexity index is 590. The minimum Gasteiger partial charge on any atom is -0.340 e. The number of nitrogens with zero attached hydrogens (tertiary/aromatic N) is 2. The molecule has 1 heterocycles. The molecule has 1 aliphatic carbocycles. The summed E-state index contributed by atoms with van der Waals surface area (Å²) < 4.78 is 0. The number of aryl methyl sites for hydroxylation is 3. The topological polar surface area (TPSA) is 37.8 Å². The highest BCUT2D eigenvalue weighted by atomic mass is 15.0. The lowest BCUT2D eigenvalue weighted by molar-refractivity contribution is 0.895. The molecule has 0 unspecified atom stereocenters. The van der Waals surface area contributed by atoms with Gasteiger partial charge in [0.15, 0.2) is 0 Å². The highest BCUT2D eigenvalue weighted by Gasteiger charge is 2.18. The molecule has 0 fully saturated rings. The Morgan fingerprint density at radius 2 is 2.00 bits per heavy atom. The number of aromatic nitrogens is 2. The Morgan fingerprint density at radius 3 is 2.83 bits per heavy atom. The summed E-state index contributed by atoms with van der Waals surface area (Å²) in [4.78, 5) is 9.07. The van der Waals surface area contributed by atoms with Gasteiger partial charge in [0.05, 0.1) is 0 Å². The van der Waals surface area contributed by atoms with Crippen LogP contribution in [0.25, 0.3) is 0 Å². The number of nitrogens with one attached hydrogen (secondary N) is 1. The summed E-state index contributed by atoms with van der Waals surface area (Å²) in [5.74, 6) is 1.84. The molecule has 1 aliphatic rings. The molecule has 1 aromatic carbocycles. The lowest BCUT2D eigenvalue weighted by atomic mass is 10.2.